The Morgan fingerprint density at radius 2 is 1.71 bits per heavy atom. The number of hydrogen-bond acceptors (Lipinski definition) is 6. The van der Waals surface area contributed by atoms with Crippen LogP contribution in [0.15, 0.2) is 72.9 Å². The minimum Gasteiger partial charge on any atom is -0.321 e. The Hall–Kier alpha value is -3.65. The smallest absolute Gasteiger partial charge is 0.165 e. The molecule has 7 nitrogen and oxygen atoms in total. The number of hydrogen-bond donors (Lipinski definition) is 2. The van der Waals surface area contributed by atoms with Crippen molar-refractivity contribution >= 4 is 16.7 Å². The van der Waals surface area contributed by atoms with Gasteiger partial charge >= 0.3 is 0 Å². The standard InChI is InChI=1S/C27H26N6O/c1-17-12-23-30-14-20-13-22(18-6-4-3-5-7-18)24(31-25(20)33(23)32-17)19-8-10-21(11-9-19)27(28)15-26(2,16-27)34-29/h3-14H,15-16,28-29H2,1-2H3. The lowest BCUT2D eigenvalue weighted by Crippen LogP contribution is -2.60. The van der Waals surface area contributed by atoms with E-state index in [0.29, 0.717) is 12.8 Å². The highest BCUT2D eigenvalue weighted by Crippen LogP contribution is 2.48. The lowest BCUT2D eigenvalue weighted by molar-refractivity contribution is -0.130. The van der Waals surface area contributed by atoms with E-state index in [2.05, 4.69) is 52.5 Å². The molecule has 4 N–H and O–H groups in total. The first kappa shape index (κ1) is 20.9. The monoisotopic (exact) mass is 450 g/mol. The van der Waals surface area contributed by atoms with Crippen molar-refractivity contribution in [3.05, 3.63) is 84.2 Å². The molecule has 0 atom stereocenters. The summed E-state index contributed by atoms with van der Waals surface area (Å²) in [6, 6.07) is 22.8. The lowest BCUT2D eigenvalue weighted by Gasteiger charge is -2.51. The number of aryl methyl sites for hydroxylation is 1. The average molecular weight is 451 g/mol. The fourth-order valence-electron chi connectivity index (χ4n) is 5.24. The minimum absolute atomic E-state index is 0.366. The highest BCUT2D eigenvalue weighted by molar-refractivity contribution is 5.90. The maximum Gasteiger partial charge on any atom is 0.165 e. The first-order chi connectivity index (χ1) is 16.4. The number of benzene rings is 2. The summed E-state index contributed by atoms with van der Waals surface area (Å²) in [6.07, 6.45) is 3.23. The predicted octanol–water partition coefficient (Wildman–Crippen LogP) is 4.52. The van der Waals surface area contributed by atoms with Crippen molar-refractivity contribution in [1.82, 2.24) is 19.6 Å². The molecule has 0 spiro atoms. The van der Waals surface area contributed by atoms with Crippen LogP contribution >= 0.6 is 0 Å². The largest absolute Gasteiger partial charge is 0.321 e. The van der Waals surface area contributed by atoms with E-state index in [9.17, 15) is 0 Å². The summed E-state index contributed by atoms with van der Waals surface area (Å²) in [5.74, 6) is 5.45. The molecule has 0 amide bonds. The summed E-state index contributed by atoms with van der Waals surface area (Å²) in [6.45, 7) is 3.95. The number of pyridine rings is 1. The van der Waals surface area contributed by atoms with Crippen LogP contribution in [0.2, 0.25) is 0 Å². The van der Waals surface area contributed by atoms with Gasteiger partial charge in [0.2, 0.25) is 0 Å². The maximum absolute atomic E-state index is 6.65. The molecule has 0 saturated heterocycles. The van der Waals surface area contributed by atoms with E-state index in [-0.39, 0.29) is 5.60 Å². The highest BCUT2D eigenvalue weighted by Gasteiger charge is 2.51. The van der Waals surface area contributed by atoms with Crippen molar-refractivity contribution in [3.63, 3.8) is 0 Å². The van der Waals surface area contributed by atoms with Crippen LogP contribution in [0.4, 0.5) is 0 Å². The van der Waals surface area contributed by atoms with E-state index in [0.717, 1.165) is 50.3 Å². The second-order valence-corrected chi connectivity index (χ2v) is 9.63. The van der Waals surface area contributed by atoms with Gasteiger partial charge in [-0.05, 0) is 31.0 Å². The fraction of sp³-hybridized carbons (Fsp3) is 0.222. The average Bonchev–Trinajstić information content (AvgIpc) is 3.23. The fourth-order valence-corrected chi connectivity index (χ4v) is 5.24. The van der Waals surface area contributed by atoms with Gasteiger partial charge in [-0.15, -0.1) is 0 Å². The Kier molecular flexibility index (Phi) is 4.57. The molecule has 0 bridgehead atoms. The summed E-state index contributed by atoms with van der Waals surface area (Å²) in [5, 5.41) is 5.55. The molecule has 0 aliphatic heterocycles. The van der Waals surface area contributed by atoms with E-state index in [4.69, 9.17) is 21.5 Å². The molecule has 1 aliphatic rings. The summed E-state index contributed by atoms with van der Waals surface area (Å²) >= 11 is 0. The summed E-state index contributed by atoms with van der Waals surface area (Å²) in [5.41, 5.74) is 13.4. The molecule has 1 fully saturated rings. The van der Waals surface area contributed by atoms with Gasteiger partial charge in [-0.1, -0.05) is 54.6 Å². The topological polar surface area (TPSA) is 104 Å². The third-order valence-corrected chi connectivity index (χ3v) is 6.86. The Balaban J connectivity index is 1.50. The van der Waals surface area contributed by atoms with E-state index in [1.165, 1.54) is 0 Å². The lowest BCUT2D eigenvalue weighted by atomic mass is 9.63. The van der Waals surface area contributed by atoms with Crippen LogP contribution in [0.25, 0.3) is 39.1 Å². The van der Waals surface area contributed by atoms with Crippen molar-refractivity contribution in [1.29, 1.82) is 0 Å². The molecule has 7 heteroatoms. The molecule has 6 rings (SSSR count). The van der Waals surface area contributed by atoms with Crippen LogP contribution in [0.1, 0.15) is 31.0 Å². The normalized spacial score (nSPS) is 22.2. The summed E-state index contributed by atoms with van der Waals surface area (Å²) in [7, 11) is 0. The third-order valence-electron chi connectivity index (χ3n) is 6.86. The van der Waals surface area contributed by atoms with Gasteiger partial charge in [0.05, 0.1) is 17.0 Å². The number of nitrogens with two attached hydrogens (primary N) is 2. The van der Waals surface area contributed by atoms with E-state index < -0.39 is 5.54 Å². The second-order valence-electron chi connectivity index (χ2n) is 9.63. The van der Waals surface area contributed by atoms with E-state index in [1.807, 2.05) is 48.8 Å². The van der Waals surface area contributed by atoms with E-state index in [1.54, 1.807) is 0 Å². The van der Waals surface area contributed by atoms with Gasteiger partial charge in [-0.3, -0.25) is 4.84 Å². The van der Waals surface area contributed by atoms with Crippen LogP contribution in [-0.2, 0) is 10.4 Å². The molecule has 5 aromatic rings. The Morgan fingerprint density at radius 3 is 2.41 bits per heavy atom. The predicted molar refractivity (Wildman–Crippen MR) is 133 cm³/mol. The SMILES string of the molecule is Cc1cc2ncc3cc(-c4ccccc4)c(-c4ccc(C5(N)CC(C)(ON)C5)cc4)nc3n2n1. The Bertz CT molecular complexity index is 1520. The Labute approximate surface area is 197 Å². The van der Waals surface area contributed by atoms with Gasteiger partial charge < -0.3 is 5.73 Å². The Morgan fingerprint density at radius 1 is 0.971 bits per heavy atom. The minimum atomic E-state index is -0.434. The van der Waals surface area contributed by atoms with Gasteiger partial charge in [-0.25, -0.2) is 15.9 Å². The van der Waals surface area contributed by atoms with Crippen LogP contribution < -0.4 is 11.6 Å². The number of fused-ring (bicyclic) bond motifs is 3. The van der Waals surface area contributed by atoms with Gasteiger partial charge in [-0.2, -0.15) is 9.61 Å². The van der Waals surface area contributed by atoms with Crippen LogP contribution in [0.5, 0.6) is 0 Å². The van der Waals surface area contributed by atoms with Gasteiger partial charge in [0.1, 0.15) is 0 Å². The molecule has 0 radical (unpaired) electrons. The summed E-state index contributed by atoms with van der Waals surface area (Å²) in [4.78, 5) is 14.8. The van der Waals surface area contributed by atoms with E-state index >= 15 is 0 Å². The van der Waals surface area contributed by atoms with Crippen molar-refractivity contribution in [2.24, 2.45) is 11.6 Å². The molecule has 3 heterocycles. The van der Waals surface area contributed by atoms with Crippen molar-refractivity contribution in [2.45, 2.75) is 37.8 Å². The van der Waals surface area contributed by atoms with Crippen LogP contribution in [-0.4, -0.2) is 25.2 Å². The third kappa shape index (κ3) is 3.28. The zero-order chi connectivity index (χ0) is 23.5. The molecule has 1 aliphatic carbocycles. The molecule has 34 heavy (non-hydrogen) atoms. The second kappa shape index (κ2) is 7.43. The summed E-state index contributed by atoms with van der Waals surface area (Å²) < 4.78 is 1.81. The molecule has 1 saturated carbocycles. The number of nitrogens with zero attached hydrogens (tertiary/aromatic N) is 4. The van der Waals surface area contributed by atoms with Gasteiger partial charge in [0.25, 0.3) is 0 Å². The molecular weight excluding hydrogens is 424 g/mol. The molecule has 3 aromatic heterocycles. The highest BCUT2D eigenvalue weighted by atomic mass is 16.6. The maximum atomic E-state index is 6.65. The number of rotatable bonds is 4. The number of aromatic nitrogens is 4. The molecular formula is C27H26N6O. The zero-order valence-corrected chi connectivity index (χ0v) is 19.2. The van der Waals surface area contributed by atoms with Crippen molar-refractivity contribution < 1.29 is 4.84 Å². The van der Waals surface area contributed by atoms with Crippen LogP contribution in [0.3, 0.4) is 0 Å². The first-order valence-electron chi connectivity index (χ1n) is 11.4. The van der Waals surface area contributed by atoms with Crippen molar-refractivity contribution in [2.75, 3.05) is 0 Å². The molecule has 0 unspecified atom stereocenters. The molecule has 170 valence electrons. The molecule has 2 aromatic carbocycles. The van der Waals surface area contributed by atoms with Gasteiger partial charge in [0, 0.05) is 47.2 Å². The van der Waals surface area contributed by atoms with Crippen molar-refractivity contribution in [3.8, 4) is 22.4 Å². The quantitative estimate of drug-likeness (QED) is 0.390. The van der Waals surface area contributed by atoms with Crippen LogP contribution in [0, 0.1) is 6.92 Å². The van der Waals surface area contributed by atoms with Gasteiger partial charge in [0.15, 0.2) is 11.3 Å². The first-order valence-corrected chi connectivity index (χ1v) is 11.4. The zero-order valence-electron chi connectivity index (χ0n) is 19.2.